The number of carbonyl (C=O) groups is 1. The van der Waals surface area contributed by atoms with E-state index in [0.29, 0.717) is 25.5 Å². The second-order valence-corrected chi connectivity index (χ2v) is 7.83. The molecule has 3 aromatic rings. The number of phenolic OH excluding ortho intramolecular Hbond substituents is 1. The number of ether oxygens (including phenoxy) is 1. The van der Waals surface area contributed by atoms with Crippen molar-refractivity contribution in [1.82, 2.24) is 25.0 Å². The molecule has 3 N–H and O–H groups in total. The summed E-state index contributed by atoms with van der Waals surface area (Å²) in [6.45, 7) is 3.51. The van der Waals surface area contributed by atoms with Gasteiger partial charge in [0.15, 0.2) is 22.8 Å². The number of hydrogen-bond acceptors (Lipinski definition) is 8. The van der Waals surface area contributed by atoms with Gasteiger partial charge in [-0.2, -0.15) is 0 Å². The molecule has 1 aromatic carbocycles. The SMILES string of the molecule is O=C(CCCCCCn1cnc2c(N3CCOCC3)nc(-c3cccc(O)c3)nc21)NO. The fraction of sp³-hybridized carbons (Fsp3) is 0.455. The number of aryl methyl sites for hydroxylation is 1. The molecule has 1 saturated heterocycles. The summed E-state index contributed by atoms with van der Waals surface area (Å²) in [4.78, 5) is 27.5. The molecular weight excluding hydrogens is 412 g/mol. The number of hydroxylamine groups is 1. The van der Waals surface area contributed by atoms with Crippen molar-refractivity contribution in [2.75, 3.05) is 31.2 Å². The zero-order chi connectivity index (χ0) is 22.3. The van der Waals surface area contributed by atoms with Gasteiger partial charge in [-0.05, 0) is 25.0 Å². The van der Waals surface area contributed by atoms with E-state index < -0.39 is 0 Å². The number of fused-ring (bicyclic) bond motifs is 1. The van der Waals surface area contributed by atoms with E-state index in [4.69, 9.17) is 19.9 Å². The van der Waals surface area contributed by atoms with Crippen LogP contribution in [0.4, 0.5) is 5.82 Å². The molecule has 1 fully saturated rings. The van der Waals surface area contributed by atoms with Gasteiger partial charge in [-0.15, -0.1) is 0 Å². The molecule has 0 spiro atoms. The Kier molecular flexibility index (Phi) is 7.13. The Bertz CT molecular complexity index is 1060. The summed E-state index contributed by atoms with van der Waals surface area (Å²) < 4.78 is 7.53. The van der Waals surface area contributed by atoms with Crippen LogP contribution in [0.5, 0.6) is 5.75 Å². The number of aromatic nitrogens is 4. The van der Waals surface area contributed by atoms with Gasteiger partial charge in [-0.3, -0.25) is 10.0 Å². The van der Waals surface area contributed by atoms with Crippen molar-refractivity contribution in [3.63, 3.8) is 0 Å². The highest BCUT2D eigenvalue weighted by Gasteiger charge is 2.21. The van der Waals surface area contributed by atoms with Crippen molar-refractivity contribution >= 4 is 22.9 Å². The summed E-state index contributed by atoms with van der Waals surface area (Å²) in [5.41, 5.74) is 3.93. The molecule has 32 heavy (non-hydrogen) atoms. The molecule has 3 heterocycles. The molecule has 1 amide bonds. The van der Waals surface area contributed by atoms with E-state index >= 15 is 0 Å². The predicted molar refractivity (Wildman–Crippen MR) is 118 cm³/mol. The molecule has 0 saturated carbocycles. The predicted octanol–water partition coefficient (Wildman–Crippen LogP) is 2.49. The highest BCUT2D eigenvalue weighted by molar-refractivity contribution is 5.86. The van der Waals surface area contributed by atoms with E-state index in [9.17, 15) is 9.90 Å². The van der Waals surface area contributed by atoms with Gasteiger partial charge >= 0.3 is 0 Å². The van der Waals surface area contributed by atoms with Crippen LogP contribution in [0.25, 0.3) is 22.6 Å². The zero-order valence-electron chi connectivity index (χ0n) is 17.9. The molecule has 0 radical (unpaired) electrons. The van der Waals surface area contributed by atoms with Crippen LogP contribution in [-0.2, 0) is 16.1 Å². The van der Waals surface area contributed by atoms with Crippen LogP contribution in [0.15, 0.2) is 30.6 Å². The molecule has 0 atom stereocenters. The standard InChI is InChI=1S/C22H28N6O4/c29-17-7-5-6-16(14-17)20-24-21(27-10-12-32-13-11-27)19-22(25-20)28(15-23-19)9-4-2-1-3-8-18(30)26-31/h5-7,14-15,29,31H,1-4,8-13H2,(H,26,30). The summed E-state index contributed by atoms with van der Waals surface area (Å²) in [7, 11) is 0. The number of nitrogens with one attached hydrogen (secondary N) is 1. The summed E-state index contributed by atoms with van der Waals surface area (Å²) in [6.07, 6.45) is 5.65. The number of phenols is 1. The maximum absolute atomic E-state index is 11.1. The van der Waals surface area contributed by atoms with Gasteiger partial charge in [0, 0.05) is 31.6 Å². The summed E-state index contributed by atoms with van der Waals surface area (Å²) >= 11 is 0. The number of amides is 1. The zero-order valence-corrected chi connectivity index (χ0v) is 17.9. The van der Waals surface area contributed by atoms with Crippen LogP contribution in [0.2, 0.25) is 0 Å². The average molecular weight is 441 g/mol. The van der Waals surface area contributed by atoms with Gasteiger partial charge in [0.25, 0.3) is 0 Å². The largest absolute Gasteiger partial charge is 0.508 e. The van der Waals surface area contributed by atoms with E-state index in [-0.39, 0.29) is 11.7 Å². The Morgan fingerprint density at radius 1 is 1.12 bits per heavy atom. The summed E-state index contributed by atoms with van der Waals surface area (Å²) in [5.74, 6) is 1.15. The van der Waals surface area contributed by atoms with Crippen LogP contribution < -0.4 is 10.4 Å². The van der Waals surface area contributed by atoms with Gasteiger partial charge in [0.1, 0.15) is 5.75 Å². The first-order valence-electron chi connectivity index (χ1n) is 10.9. The van der Waals surface area contributed by atoms with E-state index in [1.54, 1.807) is 30.0 Å². The lowest BCUT2D eigenvalue weighted by atomic mass is 10.1. The summed E-state index contributed by atoms with van der Waals surface area (Å²) in [6, 6.07) is 6.95. The Hall–Kier alpha value is -3.24. The fourth-order valence-corrected chi connectivity index (χ4v) is 3.84. The highest BCUT2D eigenvalue weighted by atomic mass is 16.5. The number of morpholine rings is 1. The first kappa shape index (κ1) is 22.0. The van der Waals surface area contributed by atoms with Crippen LogP contribution >= 0.6 is 0 Å². The number of anilines is 1. The van der Waals surface area contributed by atoms with Crippen molar-refractivity contribution in [2.24, 2.45) is 0 Å². The number of imidazole rings is 1. The number of carbonyl (C=O) groups excluding carboxylic acids is 1. The number of rotatable bonds is 9. The molecule has 0 unspecified atom stereocenters. The van der Waals surface area contributed by atoms with Gasteiger partial charge in [-0.25, -0.2) is 20.4 Å². The molecule has 4 rings (SSSR count). The number of nitrogens with zero attached hydrogens (tertiary/aromatic N) is 5. The second-order valence-electron chi connectivity index (χ2n) is 7.83. The van der Waals surface area contributed by atoms with Crippen molar-refractivity contribution in [3.8, 4) is 17.1 Å². The first-order valence-corrected chi connectivity index (χ1v) is 10.9. The lowest BCUT2D eigenvalue weighted by Gasteiger charge is -2.28. The maximum atomic E-state index is 11.1. The fourth-order valence-electron chi connectivity index (χ4n) is 3.84. The van der Waals surface area contributed by atoms with Gasteiger partial charge in [-0.1, -0.05) is 25.0 Å². The Balaban J connectivity index is 1.56. The monoisotopic (exact) mass is 440 g/mol. The second kappa shape index (κ2) is 10.4. The van der Waals surface area contributed by atoms with E-state index in [2.05, 4.69) is 9.88 Å². The van der Waals surface area contributed by atoms with Crippen LogP contribution in [0.1, 0.15) is 32.1 Å². The van der Waals surface area contributed by atoms with Crippen LogP contribution in [0.3, 0.4) is 0 Å². The molecule has 170 valence electrons. The molecule has 0 aliphatic carbocycles. The topological polar surface area (TPSA) is 126 Å². The van der Waals surface area contributed by atoms with Gasteiger partial charge in [0.05, 0.1) is 19.5 Å². The van der Waals surface area contributed by atoms with E-state index in [1.165, 1.54) is 0 Å². The smallest absolute Gasteiger partial charge is 0.243 e. The number of aromatic hydroxyl groups is 1. The Morgan fingerprint density at radius 2 is 1.94 bits per heavy atom. The number of hydrogen-bond donors (Lipinski definition) is 3. The third kappa shape index (κ3) is 5.14. The third-order valence-corrected chi connectivity index (χ3v) is 5.54. The van der Waals surface area contributed by atoms with E-state index in [1.807, 2.05) is 10.6 Å². The van der Waals surface area contributed by atoms with Crippen LogP contribution in [-0.4, -0.2) is 62.0 Å². The molecular formula is C22H28N6O4. The highest BCUT2D eigenvalue weighted by Crippen LogP contribution is 2.28. The minimum atomic E-state index is -0.350. The lowest BCUT2D eigenvalue weighted by molar-refractivity contribution is -0.129. The minimum absolute atomic E-state index is 0.169. The molecule has 1 aliphatic rings. The average Bonchev–Trinajstić information content (AvgIpc) is 3.24. The van der Waals surface area contributed by atoms with Crippen molar-refractivity contribution < 1.29 is 19.8 Å². The molecule has 0 bridgehead atoms. The molecule has 2 aromatic heterocycles. The van der Waals surface area contributed by atoms with Crippen molar-refractivity contribution in [2.45, 2.75) is 38.6 Å². The quantitative estimate of drug-likeness (QED) is 0.263. The van der Waals surface area contributed by atoms with Crippen LogP contribution in [0, 0.1) is 0 Å². The molecule has 10 heteroatoms. The van der Waals surface area contributed by atoms with Gasteiger partial charge < -0.3 is 19.3 Å². The van der Waals surface area contributed by atoms with Crippen molar-refractivity contribution in [3.05, 3.63) is 30.6 Å². The number of benzene rings is 1. The Morgan fingerprint density at radius 3 is 2.72 bits per heavy atom. The first-order chi connectivity index (χ1) is 15.7. The Labute approximate surface area is 185 Å². The maximum Gasteiger partial charge on any atom is 0.243 e. The third-order valence-electron chi connectivity index (χ3n) is 5.54. The van der Waals surface area contributed by atoms with E-state index in [0.717, 1.165) is 67.9 Å². The summed E-state index contributed by atoms with van der Waals surface area (Å²) in [5, 5.41) is 18.5. The lowest BCUT2D eigenvalue weighted by Crippen LogP contribution is -2.37. The molecule has 1 aliphatic heterocycles. The van der Waals surface area contributed by atoms with Crippen molar-refractivity contribution in [1.29, 1.82) is 0 Å². The van der Waals surface area contributed by atoms with Gasteiger partial charge in [0.2, 0.25) is 5.91 Å². The minimum Gasteiger partial charge on any atom is -0.508 e. The number of unbranched alkanes of at least 4 members (excludes halogenated alkanes) is 3. The molecule has 10 nitrogen and oxygen atoms in total. The normalized spacial score (nSPS) is 14.1.